The number of hydrogen-bond acceptors (Lipinski definition) is 9. The van der Waals surface area contributed by atoms with Crippen LogP contribution in [0.3, 0.4) is 0 Å². The summed E-state index contributed by atoms with van der Waals surface area (Å²) >= 11 is 0. The van der Waals surface area contributed by atoms with E-state index in [0.29, 0.717) is 17.9 Å². The van der Waals surface area contributed by atoms with Crippen LogP contribution in [0, 0.1) is 15.9 Å². The number of nitro benzene ring substituents is 1. The van der Waals surface area contributed by atoms with Crippen molar-refractivity contribution in [3.05, 3.63) is 88.2 Å². The molecule has 0 fully saturated rings. The maximum Gasteiger partial charge on any atom is 0.282 e. The lowest BCUT2D eigenvalue weighted by molar-refractivity contribution is -0.384. The van der Waals surface area contributed by atoms with E-state index in [1.807, 2.05) is 0 Å². The Morgan fingerprint density at radius 3 is 2.47 bits per heavy atom. The summed E-state index contributed by atoms with van der Waals surface area (Å²) in [5.74, 6) is -0.206. The molecule has 0 saturated carbocycles. The van der Waals surface area contributed by atoms with Crippen LogP contribution in [-0.2, 0) is 16.4 Å². The van der Waals surface area contributed by atoms with E-state index in [0.717, 1.165) is 0 Å². The first kappa shape index (κ1) is 23.3. The SMILES string of the molecule is O=[N+]([O-])c1ccccc1-c1nc(S(=O)(=O)c2ccc3c(c2)OCCO3)c(NCc2ccc(F)cc2)o1. The fourth-order valence-electron chi connectivity index (χ4n) is 3.62. The number of oxazole rings is 1. The third-order valence-corrected chi connectivity index (χ3v) is 7.03. The number of nitrogens with one attached hydrogen (secondary N) is 1. The first-order chi connectivity index (χ1) is 17.3. The summed E-state index contributed by atoms with van der Waals surface area (Å²) in [4.78, 5) is 14.9. The monoisotopic (exact) mass is 511 g/mol. The van der Waals surface area contributed by atoms with Gasteiger partial charge in [-0.15, -0.1) is 0 Å². The molecule has 1 aliphatic rings. The van der Waals surface area contributed by atoms with Gasteiger partial charge in [-0.1, -0.05) is 24.3 Å². The summed E-state index contributed by atoms with van der Waals surface area (Å²) in [5.41, 5.74) is 0.353. The standard InChI is InChI=1S/C24H18FN3O7S/c25-16-7-5-15(6-8-16)14-26-23-24(27-22(35-23)18-3-1-2-4-19(18)28(29)30)36(31,32)17-9-10-20-21(13-17)34-12-11-33-20/h1-10,13,26H,11-12,14H2. The van der Waals surface area contributed by atoms with Crippen LogP contribution in [0.5, 0.6) is 11.5 Å². The molecule has 0 unspecified atom stereocenters. The minimum Gasteiger partial charge on any atom is -0.486 e. The van der Waals surface area contributed by atoms with Gasteiger partial charge in [-0.2, -0.15) is 4.98 Å². The number of sulfone groups is 1. The summed E-state index contributed by atoms with van der Waals surface area (Å²) < 4.78 is 57.2. The zero-order chi connectivity index (χ0) is 25.3. The van der Waals surface area contributed by atoms with Crippen molar-refractivity contribution in [2.45, 2.75) is 16.5 Å². The number of ether oxygens (including phenoxy) is 2. The Morgan fingerprint density at radius 2 is 1.72 bits per heavy atom. The maximum atomic E-state index is 13.6. The van der Waals surface area contributed by atoms with Gasteiger partial charge in [-0.3, -0.25) is 10.1 Å². The summed E-state index contributed by atoms with van der Waals surface area (Å²) in [6.07, 6.45) is 0. The molecule has 10 nitrogen and oxygen atoms in total. The van der Waals surface area contributed by atoms with E-state index in [2.05, 4.69) is 10.3 Å². The normalized spacial score (nSPS) is 12.8. The molecule has 0 bridgehead atoms. The second-order valence-electron chi connectivity index (χ2n) is 7.72. The molecule has 5 rings (SSSR count). The van der Waals surface area contributed by atoms with Crippen LogP contribution >= 0.6 is 0 Å². The van der Waals surface area contributed by atoms with E-state index in [-0.39, 0.29) is 46.8 Å². The lowest BCUT2D eigenvalue weighted by Crippen LogP contribution is -2.16. The third kappa shape index (κ3) is 4.45. The molecule has 1 aromatic heterocycles. The number of hydrogen-bond donors (Lipinski definition) is 1. The van der Waals surface area contributed by atoms with Crippen molar-refractivity contribution in [1.29, 1.82) is 0 Å². The number of halogens is 1. The Kier molecular flexibility index (Phi) is 6.02. The number of fused-ring (bicyclic) bond motifs is 1. The van der Waals surface area contributed by atoms with Crippen molar-refractivity contribution in [3.8, 4) is 23.0 Å². The number of benzene rings is 3. The summed E-state index contributed by atoms with van der Waals surface area (Å²) in [7, 11) is -4.27. The summed E-state index contributed by atoms with van der Waals surface area (Å²) in [6, 6.07) is 15.4. The van der Waals surface area contributed by atoms with E-state index in [9.17, 15) is 22.9 Å². The van der Waals surface area contributed by atoms with E-state index >= 15 is 0 Å². The predicted octanol–water partition coefficient (Wildman–Crippen LogP) is 4.61. The molecular weight excluding hydrogens is 493 g/mol. The van der Waals surface area contributed by atoms with E-state index in [1.54, 1.807) is 6.07 Å². The highest BCUT2D eigenvalue weighted by molar-refractivity contribution is 7.91. The van der Waals surface area contributed by atoms with Crippen molar-refractivity contribution in [2.75, 3.05) is 18.5 Å². The quantitative estimate of drug-likeness (QED) is 0.279. The first-order valence-electron chi connectivity index (χ1n) is 10.7. The molecule has 3 aromatic carbocycles. The fraction of sp³-hybridized carbons (Fsp3) is 0.125. The number of rotatable bonds is 7. The van der Waals surface area contributed by atoms with Gasteiger partial charge < -0.3 is 19.2 Å². The molecule has 12 heteroatoms. The average molecular weight is 511 g/mol. The van der Waals surface area contributed by atoms with Gasteiger partial charge in [0.1, 0.15) is 24.6 Å². The van der Waals surface area contributed by atoms with Crippen LogP contribution < -0.4 is 14.8 Å². The van der Waals surface area contributed by atoms with Crippen LogP contribution in [0.4, 0.5) is 16.0 Å². The zero-order valence-corrected chi connectivity index (χ0v) is 19.3. The van der Waals surface area contributed by atoms with Gasteiger partial charge in [0.2, 0.25) is 26.6 Å². The Labute approximate surface area is 204 Å². The highest BCUT2D eigenvalue weighted by Crippen LogP contribution is 2.38. The van der Waals surface area contributed by atoms with Crippen molar-refractivity contribution >= 4 is 21.4 Å². The first-order valence-corrected chi connectivity index (χ1v) is 12.2. The number of nitro groups is 1. The summed E-state index contributed by atoms with van der Waals surface area (Å²) in [6.45, 7) is 0.696. The van der Waals surface area contributed by atoms with Crippen LogP contribution in [-0.4, -0.2) is 31.5 Å². The van der Waals surface area contributed by atoms with Crippen molar-refractivity contribution < 1.29 is 31.6 Å². The van der Waals surface area contributed by atoms with Gasteiger partial charge in [0.05, 0.1) is 9.82 Å². The van der Waals surface area contributed by atoms with Crippen molar-refractivity contribution in [3.63, 3.8) is 0 Å². The van der Waals surface area contributed by atoms with Gasteiger partial charge in [-0.05, 0) is 35.9 Å². The molecule has 4 aromatic rings. The fourth-order valence-corrected chi connectivity index (χ4v) is 4.91. The Bertz CT molecular complexity index is 1550. The van der Waals surface area contributed by atoms with Crippen LogP contribution in [0.15, 0.2) is 81.1 Å². The molecule has 0 amide bonds. The topological polar surface area (TPSA) is 134 Å². The van der Waals surface area contributed by atoms with Gasteiger partial charge in [-0.25, -0.2) is 12.8 Å². The Hall–Kier alpha value is -4.45. The van der Waals surface area contributed by atoms with Gasteiger partial charge in [0.15, 0.2) is 11.5 Å². The number of anilines is 1. The molecule has 1 N–H and O–H groups in total. The second kappa shape index (κ2) is 9.30. The smallest absolute Gasteiger partial charge is 0.282 e. The van der Waals surface area contributed by atoms with E-state index in [4.69, 9.17) is 13.9 Å². The minimum absolute atomic E-state index is 0.0101. The van der Waals surface area contributed by atoms with Gasteiger partial charge in [0.25, 0.3) is 5.69 Å². The van der Waals surface area contributed by atoms with Gasteiger partial charge in [0, 0.05) is 18.7 Å². The van der Waals surface area contributed by atoms with Crippen LogP contribution in [0.1, 0.15) is 5.56 Å². The highest BCUT2D eigenvalue weighted by atomic mass is 32.2. The zero-order valence-electron chi connectivity index (χ0n) is 18.5. The Balaban J connectivity index is 1.59. The second-order valence-corrected chi connectivity index (χ2v) is 9.58. The van der Waals surface area contributed by atoms with Crippen molar-refractivity contribution in [2.24, 2.45) is 0 Å². The molecule has 0 aliphatic carbocycles. The summed E-state index contributed by atoms with van der Waals surface area (Å²) in [5, 5.41) is 13.9. The molecule has 0 atom stereocenters. The number of aromatic nitrogens is 1. The molecule has 0 spiro atoms. The maximum absolute atomic E-state index is 13.6. The molecular formula is C24H18FN3O7S. The Morgan fingerprint density at radius 1 is 1.00 bits per heavy atom. The van der Waals surface area contributed by atoms with E-state index in [1.165, 1.54) is 60.7 Å². The molecule has 0 radical (unpaired) electrons. The lowest BCUT2D eigenvalue weighted by atomic mass is 10.2. The third-order valence-electron chi connectivity index (χ3n) is 5.37. The van der Waals surface area contributed by atoms with E-state index < -0.39 is 25.6 Å². The lowest BCUT2D eigenvalue weighted by Gasteiger charge is -2.18. The predicted molar refractivity (Wildman–Crippen MR) is 125 cm³/mol. The van der Waals surface area contributed by atoms with Crippen LogP contribution in [0.25, 0.3) is 11.5 Å². The number of nitrogens with zero attached hydrogens (tertiary/aromatic N) is 2. The highest BCUT2D eigenvalue weighted by Gasteiger charge is 2.31. The average Bonchev–Trinajstić information content (AvgIpc) is 3.33. The minimum atomic E-state index is -4.27. The van der Waals surface area contributed by atoms with Crippen molar-refractivity contribution in [1.82, 2.24) is 4.98 Å². The van der Waals surface area contributed by atoms with Gasteiger partial charge >= 0.3 is 0 Å². The molecule has 2 heterocycles. The number of para-hydroxylation sites is 1. The largest absolute Gasteiger partial charge is 0.486 e. The molecule has 184 valence electrons. The molecule has 36 heavy (non-hydrogen) atoms. The van der Waals surface area contributed by atoms with Crippen LogP contribution in [0.2, 0.25) is 0 Å². The molecule has 0 saturated heterocycles. The molecule has 1 aliphatic heterocycles.